The van der Waals surface area contributed by atoms with Crippen LogP contribution in [0.3, 0.4) is 0 Å². The summed E-state index contributed by atoms with van der Waals surface area (Å²) in [6.45, 7) is 7.11. The molecule has 0 fully saturated rings. The van der Waals surface area contributed by atoms with Crippen molar-refractivity contribution in [2.45, 2.75) is 39.0 Å². The molecule has 0 saturated heterocycles. The molecule has 0 radical (unpaired) electrons. The first-order chi connectivity index (χ1) is 8.94. The third-order valence-electron chi connectivity index (χ3n) is 2.94. The number of aromatic carboxylic acids is 1. The van der Waals surface area contributed by atoms with Gasteiger partial charge in [-0.1, -0.05) is 20.8 Å². The summed E-state index contributed by atoms with van der Waals surface area (Å²) in [5.74, 6) is -2.47. The van der Waals surface area contributed by atoms with E-state index in [2.05, 4.69) is 0 Å². The fourth-order valence-corrected chi connectivity index (χ4v) is 3.40. The van der Waals surface area contributed by atoms with E-state index in [1.54, 1.807) is 0 Å². The molecule has 0 heterocycles. The average molecular weight is 302 g/mol. The van der Waals surface area contributed by atoms with Gasteiger partial charge in [0, 0.05) is 0 Å². The summed E-state index contributed by atoms with van der Waals surface area (Å²) >= 11 is 0. The van der Waals surface area contributed by atoms with E-state index in [0.717, 1.165) is 6.07 Å². The van der Waals surface area contributed by atoms with Crippen molar-refractivity contribution in [1.82, 2.24) is 0 Å². The summed E-state index contributed by atoms with van der Waals surface area (Å²) in [5.41, 5.74) is -0.754. The fraction of sp³-hybridized carbons (Fsp3) is 0.500. The van der Waals surface area contributed by atoms with Crippen molar-refractivity contribution < 1.29 is 22.7 Å². The van der Waals surface area contributed by atoms with Crippen LogP contribution in [0.4, 0.5) is 4.39 Å². The predicted octanol–water partition coefficient (Wildman–Crippen LogP) is 3.04. The number of aryl methyl sites for hydroxylation is 1. The number of sulfone groups is 1. The van der Waals surface area contributed by atoms with Gasteiger partial charge in [-0.05, 0) is 36.5 Å². The molecule has 0 bridgehead atoms. The minimum absolute atomic E-state index is 0.0132. The summed E-state index contributed by atoms with van der Waals surface area (Å²) in [6.07, 6.45) is 0.439. The van der Waals surface area contributed by atoms with Gasteiger partial charge in [-0.2, -0.15) is 0 Å². The maximum atomic E-state index is 13.6. The lowest BCUT2D eigenvalue weighted by Gasteiger charge is -2.18. The lowest BCUT2D eigenvalue weighted by Crippen LogP contribution is -2.16. The van der Waals surface area contributed by atoms with Crippen LogP contribution in [0.2, 0.25) is 0 Å². The van der Waals surface area contributed by atoms with Crippen molar-refractivity contribution >= 4 is 15.8 Å². The quantitative estimate of drug-likeness (QED) is 0.868. The molecule has 0 atom stereocenters. The smallest absolute Gasteiger partial charge is 0.338 e. The van der Waals surface area contributed by atoms with E-state index in [9.17, 15) is 17.6 Å². The molecule has 1 aromatic rings. The predicted molar refractivity (Wildman–Crippen MR) is 74.2 cm³/mol. The van der Waals surface area contributed by atoms with Gasteiger partial charge in [0.15, 0.2) is 9.84 Å². The Hall–Kier alpha value is -1.43. The highest BCUT2D eigenvalue weighted by molar-refractivity contribution is 7.91. The number of halogens is 1. The maximum Gasteiger partial charge on any atom is 0.338 e. The minimum atomic E-state index is -3.62. The summed E-state index contributed by atoms with van der Waals surface area (Å²) in [4.78, 5) is 10.8. The molecule has 0 saturated carbocycles. The fourth-order valence-electron chi connectivity index (χ4n) is 1.63. The first-order valence-corrected chi connectivity index (χ1v) is 7.85. The molecule has 1 N–H and O–H groups in total. The van der Waals surface area contributed by atoms with E-state index in [0.29, 0.717) is 6.42 Å². The molecule has 0 aromatic heterocycles. The Morgan fingerprint density at radius 1 is 1.30 bits per heavy atom. The van der Waals surface area contributed by atoms with E-state index < -0.39 is 27.2 Å². The highest BCUT2D eigenvalue weighted by atomic mass is 32.2. The van der Waals surface area contributed by atoms with Crippen LogP contribution in [-0.2, 0) is 9.84 Å². The molecule has 0 aliphatic heterocycles. The first kappa shape index (κ1) is 16.6. The van der Waals surface area contributed by atoms with Crippen molar-refractivity contribution in [2.75, 3.05) is 5.75 Å². The van der Waals surface area contributed by atoms with E-state index in [4.69, 9.17) is 5.11 Å². The molecular formula is C14H19FO4S. The standard InChI is InChI=1S/C14H19FO4S/c1-9-7-10(8-11(12(9)15)13(16)17)20(18,19)6-5-14(2,3)4/h7-8H,5-6H2,1-4H3,(H,16,17). The van der Waals surface area contributed by atoms with Gasteiger partial charge in [0.25, 0.3) is 0 Å². The Morgan fingerprint density at radius 3 is 2.30 bits per heavy atom. The summed E-state index contributed by atoms with van der Waals surface area (Å²) in [6, 6.07) is 2.07. The van der Waals surface area contributed by atoms with Crippen LogP contribution in [0.1, 0.15) is 43.1 Å². The molecule has 0 aliphatic carbocycles. The normalized spacial score (nSPS) is 12.4. The number of hydrogen-bond acceptors (Lipinski definition) is 3. The highest BCUT2D eigenvalue weighted by Gasteiger charge is 2.23. The van der Waals surface area contributed by atoms with Crippen LogP contribution in [0.5, 0.6) is 0 Å². The molecular weight excluding hydrogens is 283 g/mol. The lowest BCUT2D eigenvalue weighted by molar-refractivity contribution is 0.0691. The van der Waals surface area contributed by atoms with E-state index >= 15 is 0 Å². The average Bonchev–Trinajstić information content (AvgIpc) is 2.28. The summed E-state index contributed by atoms with van der Waals surface area (Å²) in [7, 11) is -3.62. The second-order valence-electron chi connectivity index (χ2n) is 6.04. The van der Waals surface area contributed by atoms with Crippen LogP contribution in [0, 0.1) is 18.2 Å². The molecule has 20 heavy (non-hydrogen) atoms. The van der Waals surface area contributed by atoms with Gasteiger partial charge >= 0.3 is 5.97 Å². The number of carboxylic acid groups (broad SMARTS) is 1. The monoisotopic (exact) mass is 302 g/mol. The number of carbonyl (C=O) groups is 1. The molecule has 1 aromatic carbocycles. The zero-order valence-corrected chi connectivity index (χ0v) is 12.8. The second kappa shape index (κ2) is 5.52. The Kier molecular flexibility index (Phi) is 4.59. The van der Waals surface area contributed by atoms with E-state index in [1.807, 2.05) is 20.8 Å². The van der Waals surface area contributed by atoms with Crippen LogP contribution in [0.15, 0.2) is 17.0 Å². The van der Waals surface area contributed by atoms with Crippen molar-refractivity contribution in [3.8, 4) is 0 Å². The van der Waals surface area contributed by atoms with Gasteiger partial charge in [-0.15, -0.1) is 0 Å². The maximum absolute atomic E-state index is 13.6. The molecule has 112 valence electrons. The third kappa shape index (κ3) is 4.03. The van der Waals surface area contributed by atoms with Gasteiger partial charge in [0.05, 0.1) is 16.2 Å². The number of rotatable bonds is 4. The van der Waals surface area contributed by atoms with E-state index in [1.165, 1.54) is 13.0 Å². The molecule has 4 nitrogen and oxygen atoms in total. The lowest BCUT2D eigenvalue weighted by atomic mass is 9.94. The Morgan fingerprint density at radius 2 is 1.85 bits per heavy atom. The number of carboxylic acids is 1. The Bertz CT molecular complexity index is 627. The number of benzene rings is 1. The second-order valence-corrected chi connectivity index (χ2v) is 8.15. The Labute approximate surface area is 118 Å². The molecule has 0 aliphatic rings. The molecule has 1 rings (SSSR count). The van der Waals surface area contributed by atoms with E-state index in [-0.39, 0.29) is 21.6 Å². The van der Waals surface area contributed by atoms with Gasteiger partial charge in [0.2, 0.25) is 0 Å². The molecule has 6 heteroatoms. The summed E-state index contributed by atoms with van der Waals surface area (Å²) in [5, 5.41) is 8.90. The zero-order chi connectivity index (χ0) is 15.7. The third-order valence-corrected chi connectivity index (χ3v) is 4.63. The van der Waals surface area contributed by atoms with Gasteiger partial charge in [-0.3, -0.25) is 0 Å². The Balaban J connectivity index is 3.23. The van der Waals surface area contributed by atoms with Gasteiger partial charge < -0.3 is 5.11 Å². The van der Waals surface area contributed by atoms with Crippen molar-refractivity contribution in [2.24, 2.45) is 5.41 Å². The van der Waals surface area contributed by atoms with Crippen molar-refractivity contribution in [3.63, 3.8) is 0 Å². The van der Waals surface area contributed by atoms with Crippen LogP contribution in [0.25, 0.3) is 0 Å². The van der Waals surface area contributed by atoms with Crippen molar-refractivity contribution in [3.05, 3.63) is 29.1 Å². The minimum Gasteiger partial charge on any atom is -0.478 e. The SMILES string of the molecule is Cc1cc(S(=O)(=O)CCC(C)(C)C)cc(C(=O)O)c1F. The molecule has 0 unspecified atom stereocenters. The number of hydrogen-bond donors (Lipinski definition) is 1. The molecule has 0 spiro atoms. The highest BCUT2D eigenvalue weighted by Crippen LogP contribution is 2.24. The molecule has 0 amide bonds. The zero-order valence-electron chi connectivity index (χ0n) is 12.0. The van der Waals surface area contributed by atoms with Crippen molar-refractivity contribution in [1.29, 1.82) is 0 Å². The van der Waals surface area contributed by atoms with Gasteiger partial charge in [0.1, 0.15) is 5.82 Å². The van der Waals surface area contributed by atoms with Crippen LogP contribution in [-0.4, -0.2) is 25.2 Å². The summed E-state index contributed by atoms with van der Waals surface area (Å²) < 4.78 is 38.0. The topological polar surface area (TPSA) is 71.4 Å². The van der Waals surface area contributed by atoms with Crippen LogP contribution < -0.4 is 0 Å². The van der Waals surface area contributed by atoms with Gasteiger partial charge in [-0.25, -0.2) is 17.6 Å². The first-order valence-electron chi connectivity index (χ1n) is 6.20. The van der Waals surface area contributed by atoms with Crippen LogP contribution >= 0.6 is 0 Å². The largest absolute Gasteiger partial charge is 0.478 e.